The van der Waals surface area contributed by atoms with Crippen LogP contribution < -0.4 is 4.72 Å². The number of hydrogen-bond acceptors (Lipinski definition) is 3. The molecule has 13 heavy (non-hydrogen) atoms. The number of thiol groups is 1. The topological polar surface area (TPSA) is 46.2 Å². The third-order valence-electron chi connectivity index (χ3n) is 1.67. The van der Waals surface area contributed by atoms with E-state index in [1.807, 2.05) is 23.6 Å². The molecule has 0 radical (unpaired) electrons. The molecule has 5 heteroatoms. The lowest BCUT2D eigenvalue weighted by atomic mass is 10.2. The summed E-state index contributed by atoms with van der Waals surface area (Å²) in [7, 11) is -2.56. The van der Waals surface area contributed by atoms with Crippen LogP contribution in [0.15, 0.2) is 29.6 Å². The monoisotopic (exact) mass is 213 g/mol. The standard InChI is InChI=1S/C8H7NO2S2/c10-13(11)9-7-1-2-8-6(5-7)3-4-12-8/h1-5,13H,(H,9,10,11). The molecule has 0 aliphatic rings. The average molecular weight is 213 g/mol. The first-order valence-corrected chi connectivity index (χ1v) is 5.70. The summed E-state index contributed by atoms with van der Waals surface area (Å²) in [6.07, 6.45) is 0. The van der Waals surface area contributed by atoms with E-state index >= 15 is 0 Å². The Morgan fingerprint density at radius 3 is 2.85 bits per heavy atom. The van der Waals surface area contributed by atoms with Crippen LogP contribution in [0.3, 0.4) is 0 Å². The van der Waals surface area contributed by atoms with Gasteiger partial charge in [0.2, 0.25) is 10.9 Å². The summed E-state index contributed by atoms with van der Waals surface area (Å²) >= 11 is 1.64. The fourth-order valence-corrected chi connectivity index (χ4v) is 2.26. The Morgan fingerprint density at radius 2 is 2.08 bits per heavy atom. The number of rotatable bonds is 2. The van der Waals surface area contributed by atoms with Crippen molar-refractivity contribution in [1.82, 2.24) is 0 Å². The van der Waals surface area contributed by atoms with Gasteiger partial charge in [-0.15, -0.1) is 11.3 Å². The van der Waals surface area contributed by atoms with Crippen LogP contribution in [-0.2, 0) is 10.9 Å². The Balaban J connectivity index is 2.48. The first-order chi connectivity index (χ1) is 6.25. The van der Waals surface area contributed by atoms with Crippen molar-refractivity contribution in [3.63, 3.8) is 0 Å². The largest absolute Gasteiger partial charge is 0.286 e. The number of benzene rings is 1. The van der Waals surface area contributed by atoms with Crippen LogP contribution in [-0.4, -0.2) is 8.42 Å². The molecule has 1 heterocycles. The van der Waals surface area contributed by atoms with Gasteiger partial charge in [0.05, 0.1) is 0 Å². The van der Waals surface area contributed by atoms with E-state index < -0.39 is 10.9 Å². The van der Waals surface area contributed by atoms with Crippen LogP contribution in [0, 0.1) is 0 Å². The molecule has 0 aliphatic carbocycles. The van der Waals surface area contributed by atoms with Crippen molar-refractivity contribution in [2.45, 2.75) is 0 Å². The maximum absolute atomic E-state index is 10.4. The molecule has 68 valence electrons. The molecule has 0 saturated heterocycles. The van der Waals surface area contributed by atoms with E-state index in [0.717, 1.165) is 10.1 Å². The molecule has 0 aliphatic heterocycles. The Labute approximate surface area is 81.1 Å². The fraction of sp³-hybridized carbons (Fsp3) is 0. The minimum atomic E-state index is -2.56. The number of fused-ring (bicyclic) bond motifs is 1. The highest BCUT2D eigenvalue weighted by atomic mass is 32.2. The Bertz CT molecular complexity index is 494. The van der Waals surface area contributed by atoms with Gasteiger partial charge in [0, 0.05) is 10.4 Å². The normalized spacial score (nSPS) is 10.8. The van der Waals surface area contributed by atoms with E-state index in [9.17, 15) is 8.42 Å². The van der Waals surface area contributed by atoms with Gasteiger partial charge < -0.3 is 0 Å². The van der Waals surface area contributed by atoms with Gasteiger partial charge in [-0.1, -0.05) is 0 Å². The molecule has 0 saturated carbocycles. The molecule has 0 spiro atoms. The lowest BCUT2D eigenvalue weighted by molar-refractivity contribution is 0.619. The summed E-state index contributed by atoms with van der Waals surface area (Å²) in [5, 5.41) is 3.04. The quantitative estimate of drug-likeness (QED) is 0.748. The molecule has 0 bridgehead atoms. The molecular weight excluding hydrogens is 206 g/mol. The second-order valence-corrected chi connectivity index (χ2v) is 4.23. The predicted octanol–water partition coefficient (Wildman–Crippen LogP) is 1.84. The summed E-state index contributed by atoms with van der Waals surface area (Å²) in [5.74, 6) is 0. The fourth-order valence-electron chi connectivity index (χ4n) is 1.14. The number of nitrogens with one attached hydrogen (secondary N) is 1. The van der Waals surface area contributed by atoms with Crippen molar-refractivity contribution in [3.05, 3.63) is 29.6 Å². The van der Waals surface area contributed by atoms with E-state index in [1.165, 1.54) is 0 Å². The Morgan fingerprint density at radius 1 is 1.23 bits per heavy atom. The highest BCUT2D eigenvalue weighted by Crippen LogP contribution is 2.23. The highest BCUT2D eigenvalue weighted by Gasteiger charge is 1.96. The first kappa shape index (κ1) is 8.52. The van der Waals surface area contributed by atoms with E-state index in [1.54, 1.807) is 17.4 Å². The third kappa shape index (κ3) is 1.81. The zero-order valence-corrected chi connectivity index (χ0v) is 8.27. The predicted molar refractivity (Wildman–Crippen MR) is 55.8 cm³/mol. The van der Waals surface area contributed by atoms with Crippen molar-refractivity contribution in [3.8, 4) is 0 Å². The maximum atomic E-state index is 10.4. The van der Waals surface area contributed by atoms with Crippen molar-refractivity contribution in [1.29, 1.82) is 0 Å². The van der Waals surface area contributed by atoms with E-state index in [0.29, 0.717) is 5.69 Å². The number of hydrogen-bond donors (Lipinski definition) is 2. The van der Waals surface area contributed by atoms with Crippen LogP contribution in [0.2, 0.25) is 0 Å². The molecule has 2 rings (SSSR count). The highest BCUT2D eigenvalue weighted by molar-refractivity contribution is 7.73. The maximum Gasteiger partial charge on any atom is 0.222 e. The van der Waals surface area contributed by atoms with Gasteiger partial charge in [0.1, 0.15) is 0 Å². The zero-order valence-electron chi connectivity index (χ0n) is 6.56. The van der Waals surface area contributed by atoms with E-state index in [4.69, 9.17) is 0 Å². The summed E-state index contributed by atoms with van der Waals surface area (Å²) < 4.78 is 24.2. The molecule has 0 atom stereocenters. The SMILES string of the molecule is O=[SH](=O)Nc1ccc2sccc2c1. The molecule has 0 fully saturated rings. The Kier molecular flexibility index (Phi) is 2.20. The van der Waals surface area contributed by atoms with Crippen LogP contribution in [0.1, 0.15) is 0 Å². The van der Waals surface area contributed by atoms with Crippen molar-refractivity contribution in [2.24, 2.45) is 0 Å². The third-order valence-corrected chi connectivity index (χ3v) is 3.01. The molecule has 0 unspecified atom stereocenters. The van der Waals surface area contributed by atoms with Gasteiger partial charge in [-0.2, -0.15) is 0 Å². The van der Waals surface area contributed by atoms with Crippen LogP contribution in [0.4, 0.5) is 5.69 Å². The summed E-state index contributed by atoms with van der Waals surface area (Å²) in [4.78, 5) is 0. The van der Waals surface area contributed by atoms with Gasteiger partial charge in [0.25, 0.3) is 0 Å². The van der Waals surface area contributed by atoms with Crippen molar-refractivity contribution >= 4 is 38.0 Å². The van der Waals surface area contributed by atoms with Gasteiger partial charge in [-0.3, -0.25) is 4.72 Å². The first-order valence-electron chi connectivity index (χ1n) is 3.64. The van der Waals surface area contributed by atoms with Gasteiger partial charge in [-0.25, -0.2) is 8.42 Å². The number of thiophene rings is 1. The molecule has 1 aromatic heterocycles. The molecule has 1 aromatic carbocycles. The average Bonchev–Trinajstić information content (AvgIpc) is 2.49. The second-order valence-electron chi connectivity index (χ2n) is 2.54. The Hall–Kier alpha value is -1.07. The van der Waals surface area contributed by atoms with E-state index in [-0.39, 0.29) is 0 Å². The van der Waals surface area contributed by atoms with Gasteiger partial charge in [0.15, 0.2) is 0 Å². The van der Waals surface area contributed by atoms with E-state index in [2.05, 4.69) is 4.72 Å². The van der Waals surface area contributed by atoms with Gasteiger partial charge in [-0.05, 0) is 35.0 Å². The lowest BCUT2D eigenvalue weighted by Gasteiger charge is -1.97. The summed E-state index contributed by atoms with van der Waals surface area (Å²) in [5.41, 5.74) is 0.613. The second kappa shape index (κ2) is 3.35. The lowest BCUT2D eigenvalue weighted by Crippen LogP contribution is -1.93. The minimum absolute atomic E-state index is 0.613. The molecule has 3 nitrogen and oxygen atoms in total. The van der Waals surface area contributed by atoms with Crippen LogP contribution in [0.25, 0.3) is 10.1 Å². The van der Waals surface area contributed by atoms with Crippen molar-refractivity contribution < 1.29 is 8.42 Å². The smallest absolute Gasteiger partial charge is 0.222 e. The minimum Gasteiger partial charge on any atom is -0.286 e. The molecule has 0 amide bonds. The number of anilines is 1. The summed E-state index contributed by atoms with van der Waals surface area (Å²) in [6, 6.07) is 7.44. The van der Waals surface area contributed by atoms with Crippen LogP contribution in [0.5, 0.6) is 0 Å². The summed E-state index contributed by atoms with van der Waals surface area (Å²) in [6.45, 7) is 0. The molecular formula is C8H7NO2S2. The van der Waals surface area contributed by atoms with Crippen LogP contribution >= 0.6 is 11.3 Å². The molecule has 2 aromatic rings. The molecule has 1 N–H and O–H groups in total. The van der Waals surface area contributed by atoms with Crippen molar-refractivity contribution in [2.75, 3.05) is 4.72 Å². The van der Waals surface area contributed by atoms with Gasteiger partial charge >= 0.3 is 0 Å². The zero-order chi connectivity index (χ0) is 9.26.